The molecular formula is C24H20F2N4O2S. The average molecular weight is 467 g/mol. The summed E-state index contributed by atoms with van der Waals surface area (Å²) in [6.45, 7) is 0.676. The molecule has 6 nitrogen and oxygen atoms in total. The Labute approximate surface area is 191 Å². The van der Waals surface area contributed by atoms with Crippen LogP contribution in [0.25, 0.3) is 21.7 Å². The first kappa shape index (κ1) is 21.4. The van der Waals surface area contributed by atoms with Gasteiger partial charge in [0.05, 0.1) is 6.04 Å². The molecule has 1 aliphatic heterocycles. The normalized spacial score (nSPS) is 15.9. The number of carbonyl (C=O) groups excluding carboxylic acids is 1. The van der Waals surface area contributed by atoms with Crippen LogP contribution in [-0.2, 0) is 11.2 Å². The summed E-state index contributed by atoms with van der Waals surface area (Å²) < 4.78 is 26.9. The molecule has 0 radical (unpaired) electrons. The number of aromatic amines is 1. The van der Waals surface area contributed by atoms with E-state index in [1.54, 1.807) is 0 Å². The number of hydrogen-bond acceptors (Lipinski definition) is 6. The number of nitrogens with zero attached hydrogens (tertiary/aromatic N) is 3. The van der Waals surface area contributed by atoms with Gasteiger partial charge in [-0.05, 0) is 43.0 Å². The van der Waals surface area contributed by atoms with Crippen LogP contribution in [0.2, 0.25) is 0 Å². The predicted molar refractivity (Wildman–Crippen MR) is 124 cm³/mol. The lowest BCUT2D eigenvalue weighted by molar-refractivity contribution is -0.120. The minimum atomic E-state index is -1.02. The van der Waals surface area contributed by atoms with Crippen molar-refractivity contribution in [1.29, 1.82) is 0 Å². The molecule has 1 N–H and O–H groups in total. The second-order valence-corrected chi connectivity index (χ2v) is 8.95. The van der Waals surface area contributed by atoms with Gasteiger partial charge in [-0.1, -0.05) is 41.7 Å². The number of fused-ring (bicyclic) bond motifs is 1. The third kappa shape index (κ3) is 4.28. The first-order valence-electron chi connectivity index (χ1n) is 10.7. The first-order valence-corrected chi connectivity index (χ1v) is 11.5. The maximum atomic E-state index is 13.6. The maximum Gasteiger partial charge on any atom is 0.278 e. The standard InChI is InChI=1S/C24H20F2N4O2S/c25-16-10-9-15(13-17(16)26)21-28-22(32)20-23(29-21)33-24(27-20)30-12-4-7-18(30)19(31)11-8-14-5-2-1-3-6-14/h1-3,5-6,9-10,13,18H,4,7-8,11-12H2,(H,28,29,32)/t18-/m1/s1. The molecule has 3 heterocycles. The van der Waals surface area contributed by atoms with Gasteiger partial charge in [-0.3, -0.25) is 9.59 Å². The number of benzene rings is 2. The molecule has 0 saturated carbocycles. The minimum absolute atomic E-state index is 0.138. The zero-order valence-corrected chi connectivity index (χ0v) is 18.4. The average Bonchev–Trinajstić information content (AvgIpc) is 3.47. The Balaban J connectivity index is 1.40. The number of ketones is 1. The molecule has 0 spiro atoms. The SMILES string of the molecule is O=C(CCc1ccccc1)[C@H]1CCCN1c1nc2c(=O)[nH]c(-c3ccc(F)c(F)c3)nc2s1. The molecule has 168 valence electrons. The van der Waals surface area contributed by atoms with Crippen molar-refractivity contribution in [1.82, 2.24) is 15.0 Å². The summed E-state index contributed by atoms with van der Waals surface area (Å²) in [5, 5.41) is 0.570. The van der Waals surface area contributed by atoms with Crippen molar-refractivity contribution in [3.8, 4) is 11.4 Å². The summed E-state index contributed by atoms with van der Waals surface area (Å²) >= 11 is 1.22. The van der Waals surface area contributed by atoms with Gasteiger partial charge in [0.15, 0.2) is 32.9 Å². The zero-order chi connectivity index (χ0) is 22.9. The van der Waals surface area contributed by atoms with E-state index >= 15 is 0 Å². The Kier molecular flexibility index (Phi) is 5.72. The van der Waals surface area contributed by atoms with Gasteiger partial charge >= 0.3 is 0 Å². The lowest BCUT2D eigenvalue weighted by Crippen LogP contribution is -2.36. The van der Waals surface area contributed by atoms with Gasteiger partial charge < -0.3 is 9.88 Å². The van der Waals surface area contributed by atoms with Crippen LogP contribution in [0.5, 0.6) is 0 Å². The van der Waals surface area contributed by atoms with Gasteiger partial charge in [-0.25, -0.2) is 18.7 Å². The molecule has 1 fully saturated rings. The number of carbonyl (C=O) groups is 1. The van der Waals surface area contributed by atoms with E-state index in [9.17, 15) is 18.4 Å². The Hall–Kier alpha value is -3.46. The van der Waals surface area contributed by atoms with Gasteiger partial charge in [0.2, 0.25) is 0 Å². The molecule has 1 aliphatic rings. The molecule has 0 bridgehead atoms. The summed E-state index contributed by atoms with van der Waals surface area (Å²) in [5.74, 6) is -1.70. The number of nitrogens with one attached hydrogen (secondary N) is 1. The first-order chi connectivity index (χ1) is 16.0. The quantitative estimate of drug-likeness (QED) is 0.453. The van der Waals surface area contributed by atoms with Crippen LogP contribution in [0.4, 0.5) is 13.9 Å². The van der Waals surface area contributed by atoms with Crippen molar-refractivity contribution >= 4 is 32.6 Å². The van der Waals surface area contributed by atoms with Gasteiger partial charge in [-0.15, -0.1) is 0 Å². The fraction of sp³-hybridized carbons (Fsp3) is 0.250. The number of rotatable bonds is 6. The van der Waals surface area contributed by atoms with Crippen molar-refractivity contribution in [2.24, 2.45) is 0 Å². The van der Waals surface area contributed by atoms with Crippen molar-refractivity contribution in [3.63, 3.8) is 0 Å². The van der Waals surface area contributed by atoms with E-state index in [1.165, 1.54) is 17.4 Å². The molecule has 1 saturated heterocycles. The van der Waals surface area contributed by atoms with E-state index < -0.39 is 17.2 Å². The van der Waals surface area contributed by atoms with E-state index in [0.29, 0.717) is 29.3 Å². The van der Waals surface area contributed by atoms with E-state index in [1.807, 2.05) is 35.2 Å². The molecule has 2 aromatic carbocycles. The maximum absolute atomic E-state index is 13.6. The highest BCUT2D eigenvalue weighted by Crippen LogP contribution is 2.33. The molecule has 5 rings (SSSR count). The second-order valence-electron chi connectivity index (χ2n) is 8.00. The number of hydrogen-bond donors (Lipinski definition) is 1. The van der Waals surface area contributed by atoms with Gasteiger partial charge in [0.25, 0.3) is 5.56 Å². The van der Waals surface area contributed by atoms with E-state index in [4.69, 9.17) is 0 Å². The van der Waals surface area contributed by atoms with E-state index in [0.717, 1.165) is 30.5 Å². The molecule has 4 aromatic rings. The molecule has 0 amide bonds. The molecule has 9 heteroatoms. The summed E-state index contributed by atoms with van der Waals surface area (Å²) in [4.78, 5) is 39.4. The largest absolute Gasteiger partial charge is 0.338 e. The number of aryl methyl sites for hydroxylation is 1. The van der Waals surface area contributed by atoms with E-state index in [2.05, 4.69) is 15.0 Å². The highest BCUT2D eigenvalue weighted by Gasteiger charge is 2.32. The van der Waals surface area contributed by atoms with Crippen molar-refractivity contribution in [2.75, 3.05) is 11.4 Å². The number of H-pyrrole nitrogens is 1. The molecule has 1 atom stereocenters. The monoisotopic (exact) mass is 466 g/mol. The number of thiazole rings is 1. The van der Waals surface area contributed by atoms with Crippen molar-refractivity contribution in [2.45, 2.75) is 31.7 Å². The Morgan fingerprint density at radius 1 is 1.12 bits per heavy atom. The van der Waals surface area contributed by atoms with Gasteiger partial charge in [-0.2, -0.15) is 0 Å². The number of halogens is 2. The highest BCUT2D eigenvalue weighted by atomic mass is 32.1. The molecular weight excluding hydrogens is 446 g/mol. The number of aromatic nitrogens is 3. The highest BCUT2D eigenvalue weighted by molar-refractivity contribution is 7.21. The minimum Gasteiger partial charge on any atom is -0.338 e. The third-order valence-corrected chi connectivity index (χ3v) is 6.81. The van der Waals surface area contributed by atoms with Crippen LogP contribution in [0.3, 0.4) is 0 Å². The van der Waals surface area contributed by atoms with Crippen LogP contribution in [0.1, 0.15) is 24.8 Å². The molecule has 2 aromatic heterocycles. The van der Waals surface area contributed by atoms with Crippen molar-refractivity contribution < 1.29 is 13.6 Å². The molecule has 0 aliphatic carbocycles. The van der Waals surface area contributed by atoms with Crippen LogP contribution in [0.15, 0.2) is 53.3 Å². The second kappa shape index (κ2) is 8.82. The Bertz CT molecular complexity index is 1390. The Morgan fingerprint density at radius 3 is 2.73 bits per heavy atom. The summed E-state index contributed by atoms with van der Waals surface area (Å²) in [7, 11) is 0. The van der Waals surface area contributed by atoms with Gasteiger partial charge in [0.1, 0.15) is 5.82 Å². The lowest BCUT2D eigenvalue weighted by atomic mass is 10.0. The summed E-state index contributed by atoms with van der Waals surface area (Å²) in [6, 6.07) is 12.9. The fourth-order valence-corrected chi connectivity index (χ4v) is 5.15. The van der Waals surface area contributed by atoms with Crippen LogP contribution >= 0.6 is 11.3 Å². The van der Waals surface area contributed by atoms with Crippen molar-refractivity contribution in [3.05, 3.63) is 76.1 Å². The van der Waals surface area contributed by atoms with E-state index in [-0.39, 0.29) is 28.7 Å². The topological polar surface area (TPSA) is 79.0 Å². The summed E-state index contributed by atoms with van der Waals surface area (Å²) in [5.41, 5.74) is 1.09. The van der Waals surface area contributed by atoms with Crippen LogP contribution < -0.4 is 10.5 Å². The Morgan fingerprint density at radius 2 is 1.94 bits per heavy atom. The molecule has 33 heavy (non-hydrogen) atoms. The van der Waals surface area contributed by atoms with Crippen LogP contribution in [-0.4, -0.2) is 33.3 Å². The summed E-state index contributed by atoms with van der Waals surface area (Å²) in [6.07, 6.45) is 2.73. The zero-order valence-electron chi connectivity index (χ0n) is 17.6. The number of anilines is 1. The number of Topliss-reactive ketones (excluding diaryl/α,β-unsaturated/α-hetero) is 1. The fourth-order valence-electron chi connectivity index (χ4n) is 4.13. The third-order valence-electron chi connectivity index (χ3n) is 5.82. The van der Waals surface area contributed by atoms with Gasteiger partial charge in [0, 0.05) is 18.5 Å². The van der Waals surface area contributed by atoms with Crippen LogP contribution in [0, 0.1) is 11.6 Å². The smallest absolute Gasteiger partial charge is 0.278 e. The lowest BCUT2D eigenvalue weighted by Gasteiger charge is -2.22. The predicted octanol–water partition coefficient (Wildman–Crippen LogP) is 4.50. The molecule has 0 unspecified atom stereocenters.